The van der Waals surface area contributed by atoms with Crippen LogP contribution >= 0.6 is 0 Å². The number of aromatic nitrogens is 2. The van der Waals surface area contributed by atoms with Crippen LogP contribution in [0.5, 0.6) is 0 Å². The molecule has 0 saturated carbocycles. The first kappa shape index (κ1) is 18.8. The molecule has 2 aromatic heterocycles. The number of rotatable bonds is 6. The van der Waals surface area contributed by atoms with Gasteiger partial charge in [0.15, 0.2) is 0 Å². The van der Waals surface area contributed by atoms with Crippen LogP contribution in [0.25, 0.3) is 0 Å². The number of anilines is 2. The zero-order valence-electron chi connectivity index (χ0n) is 16.3. The highest BCUT2D eigenvalue weighted by molar-refractivity contribution is 5.81. The lowest BCUT2D eigenvalue weighted by Gasteiger charge is -2.16. The van der Waals surface area contributed by atoms with Gasteiger partial charge in [-0.2, -0.15) is 0 Å². The molecule has 4 heteroatoms. The van der Waals surface area contributed by atoms with Crippen molar-refractivity contribution in [2.45, 2.75) is 39.5 Å². The van der Waals surface area contributed by atoms with Gasteiger partial charge in [0.05, 0.1) is 17.6 Å². The Balaban J connectivity index is 1.89. The highest BCUT2D eigenvalue weighted by Crippen LogP contribution is 2.34. The van der Waals surface area contributed by atoms with Crippen LogP contribution in [0.1, 0.15) is 56.4 Å². The van der Waals surface area contributed by atoms with Crippen molar-refractivity contribution in [1.29, 1.82) is 0 Å². The lowest BCUT2D eigenvalue weighted by molar-refractivity contribution is 0.835. The summed E-state index contributed by atoms with van der Waals surface area (Å²) in [5, 5.41) is 3.22. The van der Waals surface area contributed by atoms with E-state index in [-0.39, 0.29) is 0 Å². The fourth-order valence-corrected chi connectivity index (χ4v) is 2.95. The third kappa shape index (κ3) is 4.79. The molecule has 3 rings (SSSR count). The molecule has 4 nitrogen and oxygen atoms in total. The highest BCUT2D eigenvalue weighted by atomic mass is 15.1. The van der Waals surface area contributed by atoms with Crippen molar-refractivity contribution >= 4 is 23.5 Å². The summed E-state index contributed by atoms with van der Waals surface area (Å²) in [7, 11) is 0. The molecule has 0 radical (unpaired) electrons. The zero-order valence-corrected chi connectivity index (χ0v) is 16.3. The third-order valence-corrected chi connectivity index (χ3v) is 4.36. The SMILES string of the molecule is CC(C)c1cccc(C(C)C)c1/N=C/c1cccc(Nc2ccccn2)n1. The minimum absolute atomic E-state index is 0.418. The summed E-state index contributed by atoms with van der Waals surface area (Å²) in [6, 6.07) is 18.0. The Morgan fingerprint density at radius 3 is 2.11 bits per heavy atom. The number of nitrogens with one attached hydrogen (secondary N) is 1. The van der Waals surface area contributed by atoms with E-state index < -0.39 is 0 Å². The Labute approximate surface area is 161 Å². The largest absolute Gasteiger partial charge is 0.325 e. The van der Waals surface area contributed by atoms with Gasteiger partial charge in [0, 0.05) is 6.20 Å². The van der Waals surface area contributed by atoms with E-state index in [1.807, 2.05) is 42.6 Å². The molecule has 1 aromatic carbocycles. The minimum Gasteiger partial charge on any atom is -0.325 e. The fourth-order valence-electron chi connectivity index (χ4n) is 2.95. The van der Waals surface area contributed by atoms with Crippen LogP contribution in [0.3, 0.4) is 0 Å². The molecular formula is C23H26N4. The maximum absolute atomic E-state index is 4.84. The van der Waals surface area contributed by atoms with Crippen molar-refractivity contribution in [3.8, 4) is 0 Å². The Morgan fingerprint density at radius 2 is 1.48 bits per heavy atom. The van der Waals surface area contributed by atoms with Crippen molar-refractivity contribution in [2.24, 2.45) is 4.99 Å². The summed E-state index contributed by atoms with van der Waals surface area (Å²) >= 11 is 0. The number of hydrogen-bond donors (Lipinski definition) is 1. The summed E-state index contributed by atoms with van der Waals surface area (Å²) in [6.45, 7) is 8.81. The van der Waals surface area contributed by atoms with Crippen LogP contribution in [-0.2, 0) is 0 Å². The predicted octanol–water partition coefficient (Wildman–Crippen LogP) is 6.22. The molecule has 0 fully saturated rings. The molecule has 3 aromatic rings. The summed E-state index contributed by atoms with van der Waals surface area (Å²) in [6.07, 6.45) is 3.60. The number of pyridine rings is 2. The van der Waals surface area contributed by atoms with Gasteiger partial charge in [-0.1, -0.05) is 58.0 Å². The van der Waals surface area contributed by atoms with Crippen LogP contribution in [0.15, 0.2) is 65.8 Å². The standard InChI is InChI=1S/C23H26N4/c1-16(2)19-10-8-11-20(17(3)4)23(19)25-15-18-9-7-13-22(26-18)27-21-12-5-6-14-24-21/h5-17H,1-4H3,(H,24,26,27)/b25-15+. The molecular weight excluding hydrogens is 332 g/mol. The molecule has 0 saturated heterocycles. The Bertz CT molecular complexity index is 888. The smallest absolute Gasteiger partial charge is 0.132 e. The van der Waals surface area contributed by atoms with Gasteiger partial charge < -0.3 is 5.32 Å². The number of aliphatic imine (C=N–C) groups is 1. The van der Waals surface area contributed by atoms with E-state index in [2.05, 4.69) is 61.2 Å². The molecule has 138 valence electrons. The first-order valence-corrected chi connectivity index (χ1v) is 9.36. The Hall–Kier alpha value is -3.01. The Morgan fingerprint density at radius 1 is 0.815 bits per heavy atom. The second-order valence-electron chi connectivity index (χ2n) is 7.14. The first-order chi connectivity index (χ1) is 13.0. The van der Waals surface area contributed by atoms with Gasteiger partial charge in [0.1, 0.15) is 11.6 Å². The molecule has 0 atom stereocenters. The van der Waals surface area contributed by atoms with Crippen molar-refractivity contribution in [3.05, 3.63) is 77.6 Å². The van der Waals surface area contributed by atoms with E-state index in [9.17, 15) is 0 Å². The number of para-hydroxylation sites is 1. The van der Waals surface area contributed by atoms with Crippen molar-refractivity contribution in [3.63, 3.8) is 0 Å². The van der Waals surface area contributed by atoms with Crippen LogP contribution < -0.4 is 5.32 Å². The summed E-state index contributed by atoms with van der Waals surface area (Å²) in [4.78, 5) is 13.7. The lowest BCUT2D eigenvalue weighted by Crippen LogP contribution is -1.98. The van der Waals surface area contributed by atoms with Crippen LogP contribution in [0.2, 0.25) is 0 Å². The normalized spacial score (nSPS) is 11.5. The van der Waals surface area contributed by atoms with Gasteiger partial charge in [-0.05, 0) is 47.2 Å². The van der Waals surface area contributed by atoms with E-state index in [0.717, 1.165) is 23.0 Å². The molecule has 0 unspecified atom stereocenters. The minimum atomic E-state index is 0.418. The van der Waals surface area contributed by atoms with E-state index in [1.165, 1.54) is 11.1 Å². The van der Waals surface area contributed by atoms with E-state index in [1.54, 1.807) is 6.20 Å². The van der Waals surface area contributed by atoms with Crippen LogP contribution in [0.4, 0.5) is 17.3 Å². The average molecular weight is 358 g/mol. The average Bonchev–Trinajstić information content (AvgIpc) is 2.67. The summed E-state index contributed by atoms with van der Waals surface area (Å²) in [5.74, 6) is 2.35. The molecule has 27 heavy (non-hydrogen) atoms. The summed E-state index contributed by atoms with van der Waals surface area (Å²) in [5.41, 5.74) is 4.40. The van der Waals surface area contributed by atoms with Gasteiger partial charge >= 0.3 is 0 Å². The molecule has 0 aliphatic carbocycles. The number of benzene rings is 1. The van der Waals surface area contributed by atoms with E-state index in [0.29, 0.717) is 11.8 Å². The number of nitrogens with zero attached hydrogens (tertiary/aromatic N) is 3. The summed E-state index contributed by atoms with van der Waals surface area (Å²) < 4.78 is 0. The molecule has 0 spiro atoms. The van der Waals surface area contributed by atoms with Crippen molar-refractivity contribution < 1.29 is 0 Å². The Kier molecular flexibility index (Phi) is 5.97. The predicted molar refractivity (Wildman–Crippen MR) is 114 cm³/mol. The van der Waals surface area contributed by atoms with Crippen molar-refractivity contribution in [1.82, 2.24) is 9.97 Å². The first-order valence-electron chi connectivity index (χ1n) is 9.36. The van der Waals surface area contributed by atoms with E-state index >= 15 is 0 Å². The lowest BCUT2D eigenvalue weighted by atomic mass is 9.93. The molecule has 0 aliphatic rings. The molecule has 0 bridgehead atoms. The quantitative estimate of drug-likeness (QED) is 0.532. The van der Waals surface area contributed by atoms with Crippen LogP contribution in [0, 0.1) is 0 Å². The number of hydrogen-bond acceptors (Lipinski definition) is 4. The van der Waals surface area contributed by atoms with Crippen molar-refractivity contribution in [2.75, 3.05) is 5.32 Å². The molecule has 1 N–H and O–H groups in total. The maximum atomic E-state index is 4.84. The van der Waals surface area contributed by atoms with Gasteiger partial charge in [-0.15, -0.1) is 0 Å². The fraction of sp³-hybridized carbons (Fsp3) is 0.261. The molecule has 0 aliphatic heterocycles. The third-order valence-electron chi connectivity index (χ3n) is 4.36. The second-order valence-corrected chi connectivity index (χ2v) is 7.14. The topological polar surface area (TPSA) is 50.2 Å². The van der Waals surface area contributed by atoms with E-state index in [4.69, 9.17) is 4.99 Å². The zero-order chi connectivity index (χ0) is 19.2. The maximum Gasteiger partial charge on any atom is 0.132 e. The second kappa shape index (κ2) is 8.58. The van der Waals surface area contributed by atoms with Gasteiger partial charge in [-0.3, -0.25) is 4.99 Å². The van der Waals surface area contributed by atoms with Gasteiger partial charge in [-0.25, -0.2) is 9.97 Å². The van der Waals surface area contributed by atoms with Gasteiger partial charge in [0.25, 0.3) is 0 Å². The molecule has 2 heterocycles. The monoisotopic (exact) mass is 358 g/mol. The highest BCUT2D eigenvalue weighted by Gasteiger charge is 2.12. The van der Waals surface area contributed by atoms with Crippen LogP contribution in [-0.4, -0.2) is 16.2 Å². The van der Waals surface area contributed by atoms with Gasteiger partial charge in [0.2, 0.25) is 0 Å². The molecule has 0 amide bonds.